The Labute approximate surface area is 187 Å². The molecule has 0 unspecified atom stereocenters. The molecule has 0 bridgehead atoms. The summed E-state index contributed by atoms with van der Waals surface area (Å²) in [6.45, 7) is 0. The molecule has 0 N–H and O–H groups in total. The lowest BCUT2D eigenvalue weighted by Gasteiger charge is -2.28. The molecule has 2 saturated heterocycles. The van der Waals surface area contributed by atoms with Crippen LogP contribution in [-0.2, 0) is 14.4 Å². The van der Waals surface area contributed by atoms with E-state index < -0.39 is 34.8 Å². The number of rotatable bonds is 4. The van der Waals surface area contributed by atoms with E-state index in [4.69, 9.17) is 16.4 Å². The third-order valence-corrected chi connectivity index (χ3v) is 5.91. The van der Waals surface area contributed by atoms with Crippen LogP contribution in [0.2, 0.25) is 5.02 Å². The summed E-state index contributed by atoms with van der Waals surface area (Å²) in [5.41, 5.74) is 1.65. The maximum absolute atomic E-state index is 13.5. The van der Waals surface area contributed by atoms with Crippen LogP contribution in [0, 0.1) is 16.0 Å². The van der Waals surface area contributed by atoms with Gasteiger partial charge in [0.1, 0.15) is 5.92 Å². The summed E-state index contributed by atoms with van der Waals surface area (Å²) >= 11 is 5.94. The number of benzene rings is 3. The number of nitrogens with zero attached hydrogens (tertiary/aromatic N) is 3. The van der Waals surface area contributed by atoms with E-state index in [9.17, 15) is 19.7 Å². The van der Waals surface area contributed by atoms with E-state index in [-0.39, 0.29) is 5.69 Å². The smallest absolute Gasteiger partial charge is 0.269 e. The number of halogens is 1. The van der Waals surface area contributed by atoms with Gasteiger partial charge < -0.3 is 0 Å². The van der Waals surface area contributed by atoms with Crippen molar-refractivity contribution in [3.8, 4) is 0 Å². The van der Waals surface area contributed by atoms with E-state index in [1.807, 2.05) is 30.3 Å². The average Bonchev–Trinajstić information content (AvgIpc) is 3.31. The molecule has 32 heavy (non-hydrogen) atoms. The third-order valence-electron chi connectivity index (χ3n) is 5.66. The average molecular weight is 450 g/mol. The zero-order chi connectivity index (χ0) is 22.4. The van der Waals surface area contributed by atoms with Gasteiger partial charge in [-0.25, -0.2) is 9.96 Å². The molecule has 3 aromatic carbocycles. The lowest BCUT2D eigenvalue weighted by atomic mass is 9.90. The molecule has 9 heteroatoms. The summed E-state index contributed by atoms with van der Waals surface area (Å²) in [6.07, 6.45) is -1.02. The highest BCUT2D eigenvalue weighted by molar-refractivity contribution is 6.31. The fourth-order valence-corrected chi connectivity index (χ4v) is 4.32. The minimum atomic E-state index is -1.02. The zero-order valence-electron chi connectivity index (χ0n) is 16.5. The fourth-order valence-electron chi connectivity index (χ4n) is 4.19. The maximum Gasteiger partial charge on any atom is 0.269 e. The van der Waals surface area contributed by atoms with Gasteiger partial charge in [0.15, 0.2) is 6.10 Å². The van der Waals surface area contributed by atoms with Crippen molar-refractivity contribution in [3.05, 3.63) is 99.6 Å². The zero-order valence-corrected chi connectivity index (χ0v) is 17.3. The molecule has 0 radical (unpaired) electrons. The number of para-hydroxylation sites is 1. The molecule has 0 aromatic heterocycles. The number of non-ortho nitro benzene ring substituents is 1. The van der Waals surface area contributed by atoms with E-state index >= 15 is 0 Å². The van der Waals surface area contributed by atoms with Crippen LogP contribution in [0.25, 0.3) is 0 Å². The molecule has 2 aliphatic heterocycles. The van der Waals surface area contributed by atoms with Gasteiger partial charge in [-0.2, -0.15) is 0 Å². The van der Waals surface area contributed by atoms with Gasteiger partial charge in [-0.1, -0.05) is 41.9 Å². The summed E-state index contributed by atoms with van der Waals surface area (Å²) in [5.74, 6) is -1.68. The number of nitro groups is 1. The van der Waals surface area contributed by atoms with Crippen LogP contribution in [0.3, 0.4) is 0 Å². The summed E-state index contributed by atoms with van der Waals surface area (Å²) in [6, 6.07) is 20.8. The van der Waals surface area contributed by atoms with Crippen molar-refractivity contribution in [2.24, 2.45) is 5.92 Å². The Morgan fingerprint density at radius 2 is 1.50 bits per heavy atom. The summed E-state index contributed by atoms with van der Waals surface area (Å²) < 4.78 is 0. The minimum absolute atomic E-state index is 0.0629. The number of nitro benzene ring substituents is 1. The van der Waals surface area contributed by atoms with Gasteiger partial charge in [0.05, 0.1) is 22.3 Å². The van der Waals surface area contributed by atoms with Crippen LogP contribution in [0.1, 0.15) is 11.6 Å². The van der Waals surface area contributed by atoms with E-state index in [0.717, 1.165) is 4.90 Å². The van der Waals surface area contributed by atoms with Crippen LogP contribution in [0.5, 0.6) is 0 Å². The topological polar surface area (TPSA) is 93.0 Å². The Morgan fingerprint density at radius 1 is 0.844 bits per heavy atom. The van der Waals surface area contributed by atoms with E-state index in [1.54, 1.807) is 41.5 Å². The van der Waals surface area contributed by atoms with Gasteiger partial charge in [-0.05, 0) is 42.0 Å². The molecule has 2 aliphatic rings. The summed E-state index contributed by atoms with van der Waals surface area (Å²) in [4.78, 5) is 44.4. The predicted octanol–water partition coefficient (Wildman–Crippen LogP) is 4.30. The number of carbonyl (C=O) groups is 2. The van der Waals surface area contributed by atoms with Crippen molar-refractivity contribution in [2.75, 3.05) is 9.96 Å². The molecule has 8 nitrogen and oxygen atoms in total. The number of amides is 2. The van der Waals surface area contributed by atoms with Crippen LogP contribution in [0.4, 0.5) is 17.1 Å². The first kappa shape index (κ1) is 20.2. The first-order valence-electron chi connectivity index (χ1n) is 9.84. The predicted molar refractivity (Wildman–Crippen MR) is 117 cm³/mol. The highest BCUT2D eigenvalue weighted by atomic mass is 35.5. The Kier molecular flexibility index (Phi) is 4.88. The number of hydroxylamine groups is 1. The van der Waals surface area contributed by atoms with E-state index in [1.165, 1.54) is 12.1 Å². The number of hydrogen-bond donors (Lipinski definition) is 0. The monoisotopic (exact) mass is 449 g/mol. The first-order valence-corrected chi connectivity index (χ1v) is 10.2. The molecule has 0 spiro atoms. The van der Waals surface area contributed by atoms with Gasteiger partial charge in [0.25, 0.3) is 11.6 Å². The molecule has 0 saturated carbocycles. The van der Waals surface area contributed by atoms with Crippen molar-refractivity contribution in [1.82, 2.24) is 0 Å². The minimum Gasteiger partial charge on any atom is -0.273 e. The second kappa shape index (κ2) is 7.74. The van der Waals surface area contributed by atoms with Crippen LogP contribution >= 0.6 is 11.6 Å². The van der Waals surface area contributed by atoms with Gasteiger partial charge in [0.2, 0.25) is 5.91 Å². The molecule has 160 valence electrons. The van der Waals surface area contributed by atoms with Crippen molar-refractivity contribution >= 4 is 40.5 Å². The molecule has 5 rings (SSSR count). The third kappa shape index (κ3) is 3.21. The van der Waals surface area contributed by atoms with Crippen molar-refractivity contribution in [3.63, 3.8) is 0 Å². The summed E-state index contributed by atoms with van der Waals surface area (Å²) in [7, 11) is 0. The van der Waals surface area contributed by atoms with Crippen LogP contribution < -0.4 is 9.96 Å². The van der Waals surface area contributed by atoms with Gasteiger partial charge in [0, 0.05) is 17.2 Å². The normalized spacial score (nSPS) is 22.3. The standard InChI is InChI=1S/C23H16ClN3O5/c24-15-8-12-16(13-9-15)25-22(28)19-20(14-6-10-18(11-7-14)27(30)31)26(32-21(19)23(25)29)17-4-2-1-3-5-17/h1-13,19-21H/t19-,20+,21-/m1/s1. The Morgan fingerprint density at radius 3 is 2.12 bits per heavy atom. The molecule has 2 heterocycles. The molecular weight excluding hydrogens is 434 g/mol. The van der Waals surface area contributed by atoms with E-state index in [2.05, 4.69) is 0 Å². The number of imide groups is 1. The molecule has 2 amide bonds. The number of hydrogen-bond acceptors (Lipinski definition) is 6. The highest BCUT2D eigenvalue weighted by Crippen LogP contribution is 2.47. The maximum atomic E-state index is 13.5. The first-order chi connectivity index (χ1) is 15.5. The van der Waals surface area contributed by atoms with Gasteiger partial charge in [-0.15, -0.1) is 0 Å². The molecule has 0 aliphatic carbocycles. The summed E-state index contributed by atoms with van der Waals surface area (Å²) in [5, 5.41) is 13.1. The number of anilines is 2. The van der Waals surface area contributed by atoms with Crippen LogP contribution in [0.15, 0.2) is 78.9 Å². The number of carbonyl (C=O) groups excluding carboxylic acids is 2. The lowest BCUT2D eigenvalue weighted by Crippen LogP contribution is -2.37. The SMILES string of the molecule is O=C1[C@H]2[C@@H](ON(c3ccccc3)[C@H]2c2ccc([N+](=O)[O-])cc2)C(=O)N1c1ccc(Cl)cc1. The number of fused-ring (bicyclic) bond motifs is 1. The molecule has 3 aromatic rings. The second-order valence-corrected chi connectivity index (χ2v) is 7.93. The van der Waals surface area contributed by atoms with Crippen molar-refractivity contribution < 1.29 is 19.3 Å². The van der Waals surface area contributed by atoms with Gasteiger partial charge in [-0.3, -0.25) is 24.5 Å². The van der Waals surface area contributed by atoms with Gasteiger partial charge >= 0.3 is 0 Å². The Bertz CT molecular complexity index is 1200. The largest absolute Gasteiger partial charge is 0.273 e. The second-order valence-electron chi connectivity index (χ2n) is 7.49. The lowest BCUT2D eigenvalue weighted by molar-refractivity contribution is -0.384. The molecular formula is C23H16ClN3O5. The quantitative estimate of drug-likeness (QED) is 0.335. The molecule has 3 atom stereocenters. The Hall–Kier alpha value is -3.75. The van der Waals surface area contributed by atoms with Crippen molar-refractivity contribution in [1.29, 1.82) is 0 Å². The Balaban J connectivity index is 1.57. The van der Waals surface area contributed by atoms with E-state index in [0.29, 0.717) is 22.0 Å². The van der Waals surface area contributed by atoms with Crippen molar-refractivity contribution in [2.45, 2.75) is 12.1 Å². The fraction of sp³-hybridized carbons (Fsp3) is 0.130. The molecule has 2 fully saturated rings. The van der Waals surface area contributed by atoms with Crippen LogP contribution in [-0.4, -0.2) is 22.8 Å². The highest BCUT2D eigenvalue weighted by Gasteiger charge is 2.60.